The molecule has 2 heterocycles. The number of hydrogen-bond donors (Lipinski definition) is 2. The first-order chi connectivity index (χ1) is 12.1. The van der Waals surface area contributed by atoms with E-state index in [4.69, 9.17) is 0 Å². The lowest BCUT2D eigenvalue weighted by Gasteiger charge is -2.03. The van der Waals surface area contributed by atoms with Gasteiger partial charge in [0.15, 0.2) is 0 Å². The molecule has 2 aromatic heterocycles. The summed E-state index contributed by atoms with van der Waals surface area (Å²) >= 11 is 0. The number of nitrogens with zero attached hydrogens (tertiary/aromatic N) is 2. The number of rotatable bonds is 3. The molecule has 0 atom stereocenters. The number of aryl methyl sites for hydroxylation is 1. The van der Waals surface area contributed by atoms with E-state index in [0.29, 0.717) is 11.5 Å². The topological polar surface area (TPSA) is 57.4 Å². The van der Waals surface area contributed by atoms with Gasteiger partial charge in [0.1, 0.15) is 17.5 Å². The first kappa shape index (κ1) is 15.3. The molecule has 0 saturated heterocycles. The third-order valence-corrected chi connectivity index (χ3v) is 4.04. The third kappa shape index (κ3) is 2.82. The van der Waals surface area contributed by atoms with Gasteiger partial charge in [-0.05, 0) is 55.5 Å². The summed E-state index contributed by atoms with van der Waals surface area (Å²) < 4.78 is 26.5. The average molecular weight is 336 g/mol. The molecule has 0 fully saturated rings. The summed E-state index contributed by atoms with van der Waals surface area (Å²) in [5.41, 5.74) is 4.69. The summed E-state index contributed by atoms with van der Waals surface area (Å²) in [5, 5.41) is 6.90. The predicted molar refractivity (Wildman–Crippen MR) is 91.7 cm³/mol. The van der Waals surface area contributed by atoms with Crippen LogP contribution in [0.15, 0.2) is 54.7 Å². The van der Waals surface area contributed by atoms with Crippen molar-refractivity contribution < 1.29 is 8.78 Å². The number of nitrogens with one attached hydrogen (secondary N) is 2. The molecule has 2 N–H and O–H groups in total. The van der Waals surface area contributed by atoms with Crippen LogP contribution >= 0.6 is 0 Å². The number of imidazole rings is 1. The lowest BCUT2D eigenvalue weighted by atomic mass is 10.1. The Labute approximate surface area is 142 Å². The van der Waals surface area contributed by atoms with Crippen LogP contribution in [0.3, 0.4) is 0 Å². The van der Waals surface area contributed by atoms with E-state index in [1.54, 1.807) is 30.5 Å². The van der Waals surface area contributed by atoms with Crippen molar-refractivity contribution in [2.45, 2.75) is 6.92 Å². The maximum atomic E-state index is 13.3. The van der Waals surface area contributed by atoms with Crippen LogP contribution in [-0.2, 0) is 0 Å². The third-order valence-electron chi connectivity index (χ3n) is 4.04. The predicted octanol–water partition coefficient (Wildman–Crippen LogP) is 4.72. The van der Waals surface area contributed by atoms with Crippen molar-refractivity contribution >= 4 is 0 Å². The Morgan fingerprint density at radius 2 is 1.44 bits per heavy atom. The minimum Gasteiger partial charge on any atom is -0.337 e. The number of H-pyrrole nitrogens is 2. The number of aromatic nitrogens is 4. The van der Waals surface area contributed by atoms with Crippen molar-refractivity contribution in [1.29, 1.82) is 0 Å². The van der Waals surface area contributed by atoms with Crippen LogP contribution in [0.25, 0.3) is 33.9 Å². The molecule has 0 aliphatic carbocycles. The lowest BCUT2D eigenvalue weighted by molar-refractivity contribution is 0.627. The molecule has 0 spiro atoms. The molecular weight excluding hydrogens is 322 g/mol. The Kier molecular flexibility index (Phi) is 3.65. The molecule has 6 heteroatoms. The molecule has 0 amide bonds. The summed E-state index contributed by atoms with van der Waals surface area (Å²) in [6.45, 7) is 1.90. The quantitative estimate of drug-likeness (QED) is 0.569. The van der Waals surface area contributed by atoms with Gasteiger partial charge < -0.3 is 4.98 Å². The molecule has 0 saturated carbocycles. The van der Waals surface area contributed by atoms with Crippen molar-refractivity contribution in [3.63, 3.8) is 0 Å². The lowest BCUT2D eigenvalue weighted by Crippen LogP contribution is -1.85. The molecule has 0 radical (unpaired) electrons. The van der Waals surface area contributed by atoms with Gasteiger partial charge in [-0.15, -0.1) is 0 Å². The fourth-order valence-corrected chi connectivity index (χ4v) is 2.73. The highest BCUT2D eigenvalue weighted by molar-refractivity contribution is 5.81. The monoisotopic (exact) mass is 336 g/mol. The number of halogens is 2. The summed E-state index contributed by atoms with van der Waals surface area (Å²) in [6, 6.07) is 12.3. The molecule has 2 aromatic carbocycles. The summed E-state index contributed by atoms with van der Waals surface area (Å²) in [5.74, 6) is 0.0240. The van der Waals surface area contributed by atoms with Crippen molar-refractivity contribution in [3.8, 4) is 33.9 Å². The molecule has 0 aliphatic rings. The van der Waals surface area contributed by atoms with Crippen LogP contribution in [0.2, 0.25) is 0 Å². The summed E-state index contributed by atoms with van der Waals surface area (Å²) in [6.07, 6.45) is 1.69. The van der Waals surface area contributed by atoms with Gasteiger partial charge in [-0.2, -0.15) is 5.10 Å². The average Bonchev–Trinajstić information content (AvgIpc) is 3.22. The van der Waals surface area contributed by atoms with Gasteiger partial charge in [0, 0.05) is 16.8 Å². The number of hydrogen-bond acceptors (Lipinski definition) is 2. The zero-order chi connectivity index (χ0) is 17.4. The molecule has 4 rings (SSSR count). The van der Waals surface area contributed by atoms with E-state index in [2.05, 4.69) is 20.2 Å². The van der Waals surface area contributed by atoms with E-state index in [0.717, 1.165) is 28.1 Å². The van der Waals surface area contributed by atoms with Gasteiger partial charge in [-0.3, -0.25) is 5.10 Å². The standard InChI is InChI=1S/C19H14F2N4/c1-11-16(10-22-25-11)19-23-17(12-2-6-14(20)7-3-12)18(24-19)13-4-8-15(21)9-5-13/h2-10H,1H3,(H,22,25)(H,23,24). The maximum absolute atomic E-state index is 13.3. The van der Waals surface area contributed by atoms with E-state index in [9.17, 15) is 8.78 Å². The molecule has 0 unspecified atom stereocenters. The maximum Gasteiger partial charge on any atom is 0.141 e. The van der Waals surface area contributed by atoms with Crippen LogP contribution in [0.5, 0.6) is 0 Å². The molecule has 0 bridgehead atoms. The van der Waals surface area contributed by atoms with Crippen LogP contribution in [0, 0.1) is 18.6 Å². The first-order valence-electron chi connectivity index (χ1n) is 7.74. The Hall–Kier alpha value is -3.28. The normalized spacial score (nSPS) is 11.0. The van der Waals surface area contributed by atoms with Crippen molar-refractivity contribution in [1.82, 2.24) is 20.2 Å². The zero-order valence-electron chi connectivity index (χ0n) is 13.3. The van der Waals surface area contributed by atoms with Gasteiger partial charge in [0.2, 0.25) is 0 Å². The van der Waals surface area contributed by atoms with Crippen LogP contribution in [0.4, 0.5) is 8.78 Å². The largest absolute Gasteiger partial charge is 0.337 e. The SMILES string of the molecule is Cc1[nH]ncc1-c1nc(-c2ccc(F)cc2)c(-c2ccc(F)cc2)[nH]1. The van der Waals surface area contributed by atoms with Gasteiger partial charge in [0.05, 0.1) is 23.1 Å². The van der Waals surface area contributed by atoms with Gasteiger partial charge in [0.25, 0.3) is 0 Å². The van der Waals surface area contributed by atoms with E-state index in [1.165, 1.54) is 24.3 Å². The Bertz CT molecular complexity index is 952. The second-order valence-electron chi connectivity index (χ2n) is 5.73. The first-order valence-corrected chi connectivity index (χ1v) is 7.74. The highest BCUT2D eigenvalue weighted by atomic mass is 19.1. The van der Waals surface area contributed by atoms with Crippen LogP contribution < -0.4 is 0 Å². The zero-order valence-corrected chi connectivity index (χ0v) is 13.3. The summed E-state index contributed by atoms with van der Waals surface area (Å²) in [4.78, 5) is 7.97. The molecule has 4 aromatic rings. The molecular formula is C19H14F2N4. The molecule has 124 valence electrons. The minimum atomic E-state index is -0.312. The highest BCUT2D eigenvalue weighted by Gasteiger charge is 2.17. The Morgan fingerprint density at radius 1 is 0.840 bits per heavy atom. The second-order valence-corrected chi connectivity index (χ2v) is 5.73. The minimum absolute atomic E-state index is 0.308. The fraction of sp³-hybridized carbons (Fsp3) is 0.0526. The van der Waals surface area contributed by atoms with E-state index in [-0.39, 0.29) is 11.6 Å². The number of benzene rings is 2. The smallest absolute Gasteiger partial charge is 0.141 e. The molecule has 4 nitrogen and oxygen atoms in total. The van der Waals surface area contributed by atoms with Crippen molar-refractivity contribution in [2.75, 3.05) is 0 Å². The van der Waals surface area contributed by atoms with E-state index < -0.39 is 0 Å². The Morgan fingerprint density at radius 3 is 2.00 bits per heavy atom. The van der Waals surface area contributed by atoms with Crippen molar-refractivity contribution in [2.24, 2.45) is 0 Å². The van der Waals surface area contributed by atoms with Gasteiger partial charge >= 0.3 is 0 Å². The fourth-order valence-electron chi connectivity index (χ4n) is 2.73. The van der Waals surface area contributed by atoms with Crippen molar-refractivity contribution in [3.05, 3.63) is 72.1 Å². The van der Waals surface area contributed by atoms with Crippen LogP contribution in [0.1, 0.15) is 5.69 Å². The van der Waals surface area contributed by atoms with E-state index >= 15 is 0 Å². The second kappa shape index (κ2) is 5.98. The number of aromatic amines is 2. The van der Waals surface area contributed by atoms with Gasteiger partial charge in [-0.1, -0.05) is 0 Å². The summed E-state index contributed by atoms with van der Waals surface area (Å²) in [7, 11) is 0. The van der Waals surface area contributed by atoms with E-state index in [1.807, 2.05) is 6.92 Å². The van der Waals surface area contributed by atoms with Gasteiger partial charge in [-0.25, -0.2) is 13.8 Å². The Balaban J connectivity index is 1.91. The molecule has 0 aliphatic heterocycles. The van der Waals surface area contributed by atoms with Crippen LogP contribution in [-0.4, -0.2) is 20.2 Å². The molecule has 25 heavy (non-hydrogen) atoms. The highest BCUT2D eigenvalue weighted by Crippen LogP contribution is 2.33.